The fraction of sp³-hybridized carbons (Fsp3) is 0.111. The number of halogens is 1. The molecule has 0 bridgehead atoms. The summed E-state index contributed by atoms with van der Waals surface area (Å²) in [5.41, 5.74) is 1.56. The lowest BCUT2D eigenvalue weighted by Gasteiger charge is -1.95. The maximum Gasteiger partial charge on any atom is 0.124 e. The molecule has 1 aromatic rings. The largest absolute Gasteiger partial charge is 0.207 e. The molecule has 1 aromatic carbocycles. The van der Waals surface area contributed by atoms with E-state index in [4.69, 9.17) is 6.42 Å². The summed E-state index contributed by atoms with van der Waals surface area (Å²) in [6.45, 7) is 1.86. The molecule has 0 atom stereocenters. The summed E-state index contributed by atoms with van der Waals surface area (Å²) in [6.07, 6.45) is 5.10. The third-order valence-corrected chi connectivity index (χ3v) is 1.36. The van der Waals surface area contributed by atoms with Crippen molar-refractivity contribution in [2.24, 2.45) is 0 Å². The van der Waals surface area contributed by atoms with Crippen LogP contribution in [0, 0.1) is 25.1 Å². The molecular weight excluding hydrogens is 127 g/mol. The van der Waals surface area contributed by atoms with E-state index in [-0.39, 0.29) is 5.82 Å². The average Bonchev–Trinajstić information content (AvgIpc) is 1.94. The Morgan fingerprint density at radius 1 is 1.50 bits per heavy atom. The van der Waals surface area contributed by atoms with E-state index in [1.165, 1.54) is 12.1 Å². The van der Waals surface area contributed by atoms with E-state index in [9.17, 15) is 4.39 Å². The molecule has 0 amide bonds. The highest BCUT2D eigenvalue weighted by atomic mass is 19.1. The van der Waals surface area contributed by atoms with Crippen LogP contribution in [0.5, 0.6) is 0 Å². The minimum Gasteiger partial charge on any atom is -0.207 e. The molecule has 0 aliphatic rings. The molecule has 0 spiro atoms. The molecule has 0 saturated carbocycles. The van der Waals surface area contributed by atoms with Gasteiger partial charge in [0.05, 0.1) is 0 Å². The van der Waals surface area contributed by atoms with Gasteiger partial charge in [0.25, 0.3) is 0 Å². The van der Waals surface area contributed by atoms with E-state index in [1.54, 1.807) is 6.07 Å². The minimum atomic E-state index is -0.279. The molecule has 0 N–H and O–H groups in total. The number of aryl methyl sites for hydroxylation is 1. The Morgan fingerprint density at radius 2 is 2.20 bits per heavy atom. The standard InChI is InChI=1S/C9H7F/c1-3-8-6-9(10)5-4-7(8)2/h1,4-6H,2H3. The summed E-state index contributed by atoms with van der Waals surface area (Å²) in [7, 11) is 0. The Morgan fingerprint density at radius 3 is 2.70 bits per heavy atom. The second-order valence-corrected chi connectivity index (χ2v) is 2.10. The van der Waals surface area contributed by atoms with Crippen LogP contribution < -0.4 is 0 Å². The molecule has 50 valence electrons. The van der Waals surface area contributed by atoms with Crippen molar-refractivity contribution in [3.63, 3.8) is 0 Å². The highest BCUT2D eigenvalue weighted by Crippen LogP contribution is 2.07. The average molecular weight is 134 g/mol. The van der Waals surface area contributed by atoms with E-state index in [2.05, 4.69) is 5.92 Å². The normalized spacial score (nSPS) is 8.90. The molecule has 0 heterocycles. The lowest BCUT2D eigenvalue weighted by atomic mass is 10.1. The number of benzene rings is 1. The summed E-state index contributed by atoms with van der Waals surface area (Å²) < 4.78 is 12.4. The molecule has 10 heavy (non-hydrogen) atoms. The third-order valence-electron chi connectivity index (χ3n) is 1.36. The summed E-state index contributed by atoms with van der Waals surface area (Å²) >= 11 is 0. The fourth-order valence-electron chi connectivity index (χ4n) is 0.750. The van der Waals surface area contributed by atoms with Gasteiger partial charge in [0, 0.05) is 5.56 Å². The molecule has 1 rings (SSSR count). The van der Waals surface area contributed by atoms with Gasteiger partial charge in [-0.3, -0.25) is 0 Å². The molecule has 0 aliphatic carbocycles. The van der Waals surface area contributed by atoms with Crippen molar-refractivity contribution in [1.29, 1.82) is 0 Å². The lowest BCUT2D eigenvalue weighted by molar-refractivity contribution is 0.627. The van der Waals surface area contributed by atoms with E-state index in [0.717, 1.165) is 5.56 Å². The molecule has 1 heteroatoms. The zero-order valence-corrected chi connectivity index (χ0v) is 5.69. The van der Waals surface area contributed by atoms with Crippen molar-refractivity contribution in [3.05, 3.63) is 35.1 Å². The van der Waals surface area contributed by atoms with E-state index < -0.39 is 0 Å². The van der Waals surface area contributed by atoms with Crippen molar-refractivity contribution >= 4 is 0 Å². The van der Waals surface area contributed by atoms with E-state index >= 15 is 0 Å². The van der Waals surface area contributed by atoms with Crippen LogP contribution in [0.3, 0.4) is 0 Å². The summed E-state index contributed by atoms with van der Waals surface area (Å²) in [4.78, 5) is 0. The van der Waals surface area contributed by atoms with Gasteiger partial charge in [-0.1, -0.05) is 12.0 Å². The van der Waals surface area contributed by atoms with E-state index in [0.29, 0.717) is 5.56 Å². The molecular formula is C9H7F. The molecule has 0 fully saturated rings. The van der Waals surface area contributed by atoms with Crippen molar-refractivity contribution in [1.82, 2.24) is 0 Å². The van der Waals surface area contributed by atoms with Crippen LogP contribution in [0.15, 0.2) is 18.2 Å². The van der Waals surface area contributed by atoms with Gasteiger partial charge in [0.1, 0.15) is 5.82 Å². The Kier molecular flexibility index (Phi) is 1.73. The number of rotatable bonds is 0. The van der Waals surface area contributed by atoms with Crippen LogP contribution in [0.4, 0.5) is 4.39 Å². The monoisotopic (exact) mass is 134 g/mol. The van der Waals surface area contributed by atoms with Gasteiger partial charge < -0.3 is 0 Å². The summed E-state index contributed by atoms with van der Waals surface area (Å²) in [5.74, 6) is 2.12. The van der Waals surface area contributed by atoms with Crippen LogP contribution >= 0.6 is 0 Å². The topological polar surface area (TPSA) is 0 Å². The van der Waals surface area contributed by atoms with Gasteiger partial charge in [-0.2, -0.15) is 0 Å². The van der Waals surface area contributed by atoms with Gasteiger partial charge in [0.15, 0.2) is 0 Å². The van der Waals surface area contributed by atoms with Crippen LogP contribution in [-0.4, -0.2) is 0 Å². The Hall–Kier alpha value is -1.29. The smallest absolute Gasteiger partial charge is 0.124 e. The first kappa shape index (κ1) is 6.82. The minimum absolute atomic E-state index is 0.279. The second-order valence-electron chi connectivity index (χ2n) is 2.10. The van der Waals surface area contributed by atoms with E-state index in [1.807, 2.05) is 6.92 Å². The first-order valence-electron chi connectivity index (χ1n) is 2.97. The Bertz CT molecular complexity index is 281. The van der Waals surface area contributed by atoms with Gasteiger partial charge in [-0.25, -0.2) is 4.39 Å². The Balaban J connectivity index is 3.25. The number of hydrogen-bond acceptors (Lipinski definition) is 0. The molecule has 0 saturated heterocycles. The predicted molar refractivity (Wildman–Crippen MR) is 39.1 cm³/mol. The van der Waals surface area contributed by atoms with Crippen molar-refractivity contribution < 1.29 is 4.39 Å². The zero-order valence-electron chi connectivity index (χ0n) is 5.69. The zero-order chi connectivity index (χ0) is 7.56. The first-order chi connectivity index (χ1) is 4.74. The molecule has 0 radical (unpaired) electrons. The summed E-state index contributed by atoms with van der Waals surface area (Å²) in [5, 5.41) is 0. The van der Waals surface area contributed by atoms with Gasteiger partial charge in [0.2, 0.25) is 0 Å². The molecule has 0 aromatic heterocycles. The maximum atomic E-state index is 12.4. The highest BCUT2D eigenvalue weighted by Gasteiger charge is 1.94. The summed E-state index contributed by atoms with van der Waals surface area (Å²) in [6, 6.07) is 4.43. The van der Waals surface area contributed by atoms with Crippen LogP contribution in [0.25, 0.3) is 0 Å². The van der Waals surface area contributed by atoms with Crippen LogP contribution in [0.2, 0.25) is 0 Å². The van der Waals surface area contributed by atoms with Crippen molar-refractivity contribution in [3.8, 4) is 12.3 Å². The van der Waals surface area contributed by atoms with Gasteiger partial charge >= 0.3 is 0 Å². The Labute approximate surface area is 59.7 Å². The molecule has 0 unspecified atom stereocenters. The third kappa shape index (κ3) is 1.16. The number of terminal acetylenes is 1. The highest BCUT2D eigenvalue weighted by molar-refractivity contribution is 5.39. The SMILES string of the molecule is C#Cc1cc(F)ccc1C. The van der Waals surface area contributed by atoms with Crippen LogP contribution in [0.1, 0.15) is 11.1 Å². The lowest BCUT2D eigenvalue weighted by Crippen LogP contribution is -1.82. The quantitative estimate of drug-likeness (QED) is 0.477. The molecule has 0 aliphatic heterocycles. The fourth-order valence-corrected chi connectivity index (χ4v) is 0.750. The van der Waals surface area contributed by atoms with Crippen molar-refractivity contribution in [2.45, 2.75) is 6.92 Å². The molecule has 0 nitrogen and oxygen atoms in total. The predicted octanol–water partition coefficient (Wildman–Crippen LogP) is 2.12. The van der Waals surface area contributed by atoms with Crippen molar-refractivity contribution in [2.75, 3.05) is 0 Å². The second kappa shape index (κ2) is 2.53. The van der Waals surface area contributed by atoms with Gasteiger partial charge in [-0.15, -0.1) is 6.42 Å². The number of hydrogen-bond donors (Lipinski definition) is 0. The first-order valence-corrected chi connectivity index (χ1v) is 2.97. The van der Waals surface area contributed by atoms with Crippen LogP contribution in [-0.2, 0) is 0 Å². The van der Waals surface area contributed by atoms with Gasteiger partial charge in [-0.05, 0) is 24.6 Å². The maximum absolute atomic E-state index is 12.4.